The topological polar surface area (TPSA) is 13.1 Å². The minimum atomic E-state index is -0.732. The second-order valence-corrected chi connectivity index (χ2v) is 10.1. The molecule has 1 nitrogen and oxygen atoms in total. The SMILES string of the molecule is [2H]c1c([2H])c([2H])c(-c2c([2H])c([2H])c([2H])c([2H])c2-c2c3ccccc3c(-c3c([2H])c([2H])c4oc5c([2H])c(-c6c([2H])c([2H])c([2H])c([2H])c6[2H])c([2H])c([2H])c5c4c3[2H])c3ccccc23)c([2H])c1[2H]. The lowest BCUT2D eigenvalue weighted by Gasteiger charge is -2.19. The molecule has 0 aliphatic rings. The Morgan fingerprint density at radius 2 is 0.911 bits per heavy atom. The lowest BCUT2D eigenvalue weighted by atomic mass is 9.83. The molecule has 1 aromatic heterocycles. The van der Waals surface area contributed by atoms with E-state index in [-0.39, 0.29) is 54.9 Å². The van der Waals surface area contributed by atoms with Gasteiger partial charge >= 0.3 is 0 Å². The highest BCUT2D eigenvalue weighted by Gasteiger charge is 2.19. The Bertz CT molecular complexity index is 3550. The summed E-state index contributed by atoms with van der Waals surface area (Å²) < 4.78 is 182. The van der Waals surface area contributed by atoms with Crippen LogP contribution < -0.4 is 0 Å². The molecule has 9 aromatic rings. The van der Waals surface area contributed by atoms with Gasteiger partial charge < -0.3 is 4.42 Å². The average molecular weight is 593 g/mol. The highest BCUT2D eigenvalue weighted by atomic mass is 16.3. The summed E-state index contributed by atoms with van der Waals surface area (Å²) in [5.74, 6) is 0. The molecule has 0 spiro atoms. The Balaban J connectivity index is 1.43. The Labute approximate surface area is 289 Å². The van der Waals surface area contributed by atoms with E-state index in [4.69, 9.17) is 25.0 Å². The smallest absolute Gasteiger partial charge is 0.136 e. The molecule has 0 amide bonds. The predicted molar refractivity (Wildman–Crippen MR) is 190 cm³/mol. The number of hydrogen-bond donors (Lipinski definition) is 0. The van der Waals surface area contributed by atoms with Crippen LogP contribution in [-0.2, 0) is 0 Å². The third kappa shape index (κ3) is 4.17. The molecular formula is C44H28O. The molecule has 45 heavy (non-hydrogen) atoms. The zero-order valence-electron chi connectivity index (χ0n) is 43.0. The van der Waals surface area contributed by atoms with Crippen molar-refractivity contribution in [2.75, 3.05) is 0 Å². The van der Waals surface area contributed by atoms with Crippen LogP contribution in [0.2, 0.25) is 0 Å². The molecule has 0 unspecified atom stereocenters. The van der Waals surface area contributed by atoms with E-state index in [1.165, 1.54) is 0 Å². The van der Waals surface area contributed by atoms with Crippen molar-refractivity contribution in [3.8, 4) is 44.5 Å². The second kappa shape index (κ2) is 10.4. The molecule has 0 atom stereocenters. The van der Waals surface area contributed by atoms with Gasteiger partial charge in [0, 0.05) is 10.8 Å². The molecule has 8 aromatic carbocycles. The van der Waals surface area contributed by atoms with Crippen LogP contribution in [0.4, 0.5) is 0 Å². The van der Waals surface area contributed by atoms with Gasteiger partial charge in [0.05, 0.1) is 27.4 Å². The summed E-state index contributed by atoms with van der Waals surface area (Å²) in [4.78, 5) is 0. The van der Waals surface area contributed by atoms with E-state index in [0.717, 1.165) is 0 Å². The van der Waals surface area contributed by atoms with Crippen molar-refractivity contribution in [3.63, 3.8) is 0 Å². The summed E-state index contributed by atoms with van der Waals surface area (Å²) >= 11 is 0. The molecule has 0 radical (unpaired) electrons. The Kier molecular flexibility index (Phi) is 2.90. The number of furan rings is 1. The van der Waals surface area contributed by atoms with Crippen LogP contribution in [0.5, 0.6) is 0 Å². The fourth-order valence-electron chi connectivity index (χ4n) is 5.75. The molecule has 0 saturated heterocycles. The third-order valence-corrected chi connectivity index (χ3v) is 7.63. The fraction of sp³-hybridized carbons (Fsp3) is 0. The van der Waals surface area contributed by atoms with E-state index in [9.17, 15) is 6.85 Å². The number of hydrogen-bond acceptors (Lipinski definition) is 1. The van der Waals surface area contributed by atoms with E-state index in [1.54, 1.807) is 48.5 Å². The minimum Gasteiger partial charge on any atom is -0.456 e. The van der Waals surface area contributed by atoms with Crippen molar-refractivity contribution < 1.29 is 31.8 Å². The summed E-state index contributed by atoms with van der Waals surface area (Å²) in [7, 11) is 0. The Morgan fingerprint density at radius 1 is 0.356 bits per heavy atom. The van der Waals surface area contributed by atoms with E-state index >= 15 is 0 Å². The van der Waals surface area contributed by atoms with Crippen molar-refractivity contribution >= 4 is 43.5 Å². The summed E-state index contributed by atoms with van der Waals surface area (Å²) in [6.07, 6.45) is 0. The minimum absolute atomic E-state index is 0.155. The zero-order valence-corrected chi connectivity index (χ0v) is 23.0. The van der Waals surface area contributed by atoms with Gasteiger partial charge in [0.1, 0.15) is 11.2 Å². The highest BCUT2D eigenvalue weighted by Crippen LogP contribution is 2.46. The van der Waals surface area contributed by atoms with Gasteiger partial charge in [-0.1, -0.05) is 145 Å². The maximum absolute atomic E-state index is 9.76. The first-order valence-corrected chi connectivity index (χ1v) is 13.8. The molecule has 0 bridgehead atoms. The highest BCUT2D eigenvalue weighted by molar-refractivity contribution is 6.23. The molecule has 0 fully saturated rings. The molecular weight excluding hydrogens is 544 g/mol. The van der Waals surface area contributed by atoms with Crippen molar-refractivity contribution in [3.05, 3.63) is 169 Å². The molecule has 210 valence electrons. The van der Waals surface area contributed by atoms with Gasteiger partial charge in [0.15, 0.2) is 0 Å². The van der Waals surface area contributed by atoms with Crippen molar-refractivity contribution in [1.82, 2.24) is 0 Å². The van der Waals surface area contributed by atoms with Crippen molar-refractivity contribution in [2.45, 2.75) is 0 Å². The standard InChI is InChI=1S/C44H28O/c1-3-13-29(14-4-1)31-23-25-34-40-27-32(24-26-41(40)45-42(34)28-31)43-36-19-9-11-21-38(36)44(39-22-12-10-20-37(39)43)35-18-8-7-17-33(35)30-15-5-2-6-16-30/h1-28H/i1D,2D,3D,4D,5D,6D,7D,8D,13D,14D,15D,16D,17D,18D,23D,24D,25D,26D,27D,28D. The van der Waals surface area contributed by atoms with Crippen molar-refractivity contribution in [2.24, 2.45) is 0 Å². The first-order chi connectivity index (χ1) is 30.7. The molecule has 0 aliphatic heterocycles. The van der Waals surface area contributed by atoms with Gasteiger partial charge in [-0.15, -0.1) is 0 Å². The van der Waals surface area contributed by atoms with E-state index in [1.807, 2.05) is 0 Å². The summed E-state index contributed by atoms with van der Waals surface area (Å²) in [5, 5.41) is 0.688. The molecule has 0 N–H and O–H groups in total. The fourth-order valence-corrected chi connectivity index (χ4v) is 5.75. The Hall–Kier alpha value is -5.92. The molecule has 0 aliphatic carbocycles. The Morgan fingerprint density at radius 3 is 1.58 bits per heavy atom. The summed E-state index contributed by atoms with van der Waals surface area (Å²) in [6, 6.07) is -0.299. The third-order valence-electron chi connectivity index (χ3n) is 7.63. The maximum atomic E-state index is 9.76. The van der Waals surface area contributed by atoms with Crippen LogP contribution in [0.15, 0.2) is 174 Å². The van der Waals surface area contributed by atoms with E-state index in [0.29, 0.717) is 10.8 Å². The van der Waals surface area contributed by atoms with Crippen LogP contribution in [0.25, 0.3) is 88.0 Å². The number of benzene rings is 8. The van der Waals surface area contributed by atoms with Crippen LogP contribution in [0, 0.1) is 0 Å². The molecule has 1 heterocycles. The maximum Gasteiger partial charge on any atom is 0.136 e. The van der Waals surface area contributed by atoms with Gasteiger partial charge in [-0.3, -0.25) is 0 Å². The van der Waals surface area contributed by atoms with Crippen LogP contribution in [-0.4, -0.2) is 0 Å². The lowest BCUT2D eigenvalue weighted by molar-refractivity contribution is 0.669. The first-order valence-electron chi connectivity index (χ1n) is 23.8. The monoisotopic (exact) mass is 592 g/mol. The van der Waals surface area contributed by atoms with Gasteiger partial charge in [-0.25, -0.2) is 0 Å². The van der Waals surface area contributed by atoms with Gasteiger partial charge in [-0.05, 0) is 90.2 Å². The van der Waals surface area contributed by atoms with Gasteiger partial charge in [0.2, 0.25) is 0 Å². The van der Waals surface area contributed by atoms with Gasteiger partial charge in [-0.2, -0.15) is 0 Å². The quantitative estimate of drug-likeness (QED) is 0.185. The number of fused-ring (bicyclic) bond motifs is 5. The normalized spacial score (nSPS) is 17.8. The molecule has 9 rings (SSSR count). The molecule has 0 saturated carbocycles. The largest absolute Gasteiger partial charge is 0.456 e. The summed E-state index contributed by atoms with van der Waals surface area (Å²) in [6.45, 7) is 0. The lowest BCUT2D eigenvalue weighted by Crippen LogP contribution is -1.92. The van der Waals surface area contributed by atoms with Crippen LogP contribution >= 0.6 is 0 Å². The van der Waals surface area contributed by atoms with Gasteiger partial charge in [0.25, 0.3) is 0 Å². The first kappa shape index (κ1) is 12.6. The predicted octanol–water partition coefficient (Wildman–Crippen LogP) is 12.6. The zero-order chi connectivity index (χ0) is 47.1. The van der Waals surface area contributed by atoms with E-state index in [2.05, 4.69) is 0 Å². The molecule has 1 heteroatoms. The van der Waals surface area contributed by atoms with Crippen LogP contribution in [0.1, 0.15) is 27.4 Å². The van der Waals surface area contributed by atoms with Crippen molar-refractivity contribution in [1.29, 1.82) is 0 Å². The van der Waals surface area contributed by atoms with E-state index < -0.39 is 143 Å². The second-order valence-electron chi connectivity index (χ2n) is 10.1. The average Bonchev–Trinajstić information content (AvgIpc) is 3.71. The van der Waals surface area contributed by atoms with Crippen LogP contribution in [0.3, 0.4) is 0 Å². The number of rotatable bonds is 4. The summed E-state index contributed by atoms with van der Waals surface area (Å²) in [5.41, 5.74) is -2.63.